The normalized spacial score (nSPS) is 22.6. The molecule has 2 rings (SSSR count). The maximum Gasteiger partial charge on any atom is 0.358 e. The van der Waals surface area contributed by atoms with Crippen LogP contribution in [0.1, 0.15) is 59.8 Å². The number of nitrogens with zero attached hydrogens (tertiary/aromatic N) is 1. The van der Waals surface area contributed by atoms with Gasteiger partial charge in [0.2, 0.25) is 6.79 Å². The summed E-state index contributed by atoms with van der Waals surface area (Å²) in [6.45, 7) is 11.8. The molecule has 0 aromatic carbocycles. The van der Waals surface area contributed by atoms with Crippen LogP contribution in [-0.2, 0) is 32.6 Å². The van der Waals surface area contributed by atoms with Crippen LogP contribution >= 0.6 is 7.60 Å². The second-order valence-corrected chi connectivity index (χ2v) is 12.7. The molecule has 2 unspecified atom stereocenters. The van der Waals surface area contributed by atoms with Gasteiger partial charge in [0, 0.05) is 24.0 Å². The van der Waals surface area contributed by atoms with E-state index >= 15 is 0 Å². The van der Waals surface area contributed by atoms with Crippen molar-refractivity contribution in [3.63, 3.8) is 0 Å². The van der Waals surface area contributed by atoms with Gasteiger partial charge in [-0.15, -0.1) is 0 Å². The molecule has 1 aromatic heterocycles. The Morgan fingerprint density at radius 3 is 2.47 bits per heavy atom. The molecule has 0 bridgehead atoms. The average molecular weight is 533 g/mol. The first kappa shape index (κ1) is 30.1. The van der Waals surface area contributed by atoms with Crippen molar-refractivity contribution >= 4 is 13.6 Å². The Bertz CT molecular complexity index is 1100. The van der Waals surface area contributed by atoms with E-state index in [9.17, 15) is 24.1 Å². The molecule has 0 saturated carbocycles. The molecule has 1 aliphatic rings. The molecule has 4 atom stereocenters. The Labute approximate surface area is 210 Å². The number of aromatic nitrogens is 2. The first-order valence-electron chi connectivity index (χ1n) is 11.5. The minimum absolute atomic E-state index is 0.0459. The van der Waals surface area contributed by atoms with Gasteiger partial charge in [0.1, 0.15) is 12.3 Å². The lowest BCUT2D eigenvalue weighted by Gasteiger charge is -2.21. The van der Waals surface area contributed by atoms with Gasteiger partial charge < -0.3 is 19.3 Å². The number of carbonyl (C=O) groups excluding carboxylic acids is 1. The molecule has 204 valence electrons. The zero-order chi connectivity index (χ0) is 27.3. The van der Waals surface area contributed by atoms with E-state index in [4.69, 9.17) is 23.3 Å². The minimum Gasteiger partial charge on any atom is -0.438 e. The minimum atomic E-state index is -3.99. The number of carbonyl (C=O) groups is 1. The van der Waals surface area contributed by atoms with Crippen molar-refractivity contribution in [3.05, 3.63) is 44.5 Å². The van der Waals surface area contributed by atoms with Crippen LogP contribution in [0.15, 0.2) is 27.7 Å². The highest BCUT2D eigenvalue weighted by Gasteiger charge is 2.35. The van der Waals surface area contributed by atoms with Gasteiger partial charge >= 0.3 is 19.3 Å². The summed E-state index contributed by atoms with van der Waals surface area (Å²) < 4.78 is 41.3. The summed E-state index contributed by atoms with van der Waals surface area (Å²) in [5.74, 6) is 0.538. The number of ether oxygens (including phenoxy) is 3. The number of hydrogen-bond acceptors (Lipinski definition) is 10. The second-order valence-electron chi connectivity index (χ2n) is 10.8. The summed E-state index contributed by atoms with van der Waals surface area (Å²) >= 11 is 0. The molecule has 12 nitrogen and oxygen atoms in total. The molecule has 1 fully saturated rings. The molecular weight excluding hydrogens is 495 g/mol. The third-order valence-corrected chi connectivity index (χ3v) is 6.40. The highest BCUT2D eigenvalue weighted by molar-refractivity contribution is 7.57. The smallest absolute Gasteiger partial charge is 0.358 e. The van der Waals surface area contributed by atoms with Gasteiger partial charge in [-0.25, -0.2) is 4.79 Å². The Kier molecular flexibility index (Phi) is 10.0. The lowest BCUT2D eigenvalue weighted by atomic mass is 9.98. The van der Waals surface area contributed by atoms with Crippen LogP contribution in [0.25, 0.3) is 0 Å². The van der Waals surface area contributed by atoms with Crippen LogP contribution < -0.4 is 11.2 Å². The van der Waals surface area contributed by atoms with Crippen LogP contribution in [0, 0.1) is 17.8 Å². The molecule has 0 radical (unpaired) electrons. The van der Waals surface area contributed by atoms with E-state index in [1.165, 1.54) is 23.8 Å². The number of aliphatic hydroxyl groups excluding tert-OH is 1. The van der Waals surface area contributed by atoms with Gasteiger partial charge in [0.25, 0.3) is 5.56 Å². The zero-order valence-electron chi connectivity index (χ0n) is 21.8. The summed E-state index contributed by atoms with van der Waals surface area (Å²) in [4.78, 5) is 38.0. The number of hydrogen-bond donors (Lipinski definition) is 2. The van der Waals surface area contributed by atoms with Crippen molar-refractivity contribution in [3.8, 4) is 0 Å². The second kappa shape index (κ2) is 12.0. The molecule has 2 heterocycles. The van der Waals surface area contributed by atoms with Crippen molar-refractivity contribution in [1.29, 1.82) is 0 Å². The molecule has 36 heavy (non-hydrogen) atoms. The molecular formula is C23H37N2O10P. The SMILES string of the molecule is Cc1cn([C@H]2CC(O)[C@@H](/C=C/P(=O)(OCOCC(C)(C)C)OCOC(=O)C(C)(C)C)O2)c(=O)[nH]c1=O. The molecule has 0 amide bonds. The van der Waals surface area contributed by atoms with Crippen molar-refractivity contribution in [2.45, 2.75) is 73.3 Å². The Hall–Kier alpha value is -2.08. The largest absolute Gasteiger partial charge is 0.438 e. The molecule has 2 N–H and O–H groups in total. The molecule has 13 heteroatoms. The van der Waals surface area contributed by atoms with E-state index in [1.807, 2.05) is 20.8 Å². The highest BCUT2D eigenvalue weighted by Crippen LogP contribution is 2.50. The van der Waals surface area contributed by atoms with Crippen LogP contribution in [0.4, 0.5) is 0 Å². The summed E-state index contributed by atoms with van der Waals surface area (Å²) in [7, 11) is -3.99. The number of nitrogens with one attached hydrogen (secondary N) is 1. The summed E-state index contributed by atoms with van der Waals surface area (Å²) in [6.07, 6.45) is -0.175. The predicted octanol–water partition coefficient (Wildman–Crippen LogP) is 2.80. The fourth-order valence-corrected chi connectivity index (χ4v) is 4.01. The predicted molar refractivity (Wildman–Crippen MR) is 130 cm³/mol. The van der Waals surface area contributed by atoms with E-state index in [0.29, 0.717) is 12.2 Å². The molecule has 0 spiro atoms. The third-order valence-electron chi connectivity index (χ3n) is 4.94. The first-order chi connectivity index (χ1) is 16.5. The van der Waals surface area contributed by atoms with E-state index < -0.39 is 55.5 Å². The van der Waals surface area contributed by atoms with Crippen LogP contribution in [0.5, 0.6) is 0 Å². The number of esters is 1. The lowest BCUT2D eigenvalue weighted by Crippen LogP contribution is -2.33. The standard InChI is InChI=1S/C23H37N2O10P/c1-15-11-25(21(29)24-19(15)27)18-10-16(26)17(35-18)8-9-36(30,33-13-31-12-22(2,3)4)34-14-32-20(28)23(5,6)7/h8-9,11,16-18,26H,10,12-14H2,1-7H3,(H,24,27,29)/b9-8+/t16?,17-,18-,36?/m1/s1. The first-order valence-corrected chi connectivity index (χ1v) is 13.1. The molecule has 1 aliphatic heterocycles. The third kappa shape index (κ3) is 9.10. The Morgan fingerprint density at radius 1 is 1.22 bits per heavy atom. The van der Waals surface area contributed by atoms with Crippen LogP contribution in [0.3, 0.4) is 0 Å². The van der Waals surface area contributed by atoms with Gasteiger partial charge in [-0.05, 0) is 39.2 Å². The van der Waals surface area contributed by atoms with E-state index in [-0.39, 0.29) is 18.6 Å². The summed E-state index contributed by atoms with van der Waals surface area (Å²) in [5.41, 5.74) is -1.82. The summed E-state index contributed by atoms with van der Waals surface area (Å²) in [6, 6.07) is 0. The van der Waals surface area contributed by atoms with Gasteiger partial charge in [-0.2, -0.15) is 0 Å². The fraction of sp³-hybridized carbons (Fsp3) is 0.696. The number of aliphatic hydroxyl groups is 1. The zero-order valence-corrected chi connectivity index (χ0v) is 22.7. The highest BCUT2D eigenvalue weighted by atomic mass is 31.2. The van der Waals surface area contributed by atoms with Crippen molar-refractivity contribution in [2.75, 3.05) is 20.2 Å². The van der Waals surface area contributed by atoms with Crippen molar-refractivity contribution in [2.24, 2.45) is 10.8 Å². The van der Waals surface area contributed by atoms with Gasteiger partial charge in [-0.1, -0.05) is 20.8 Å². The fourth-order valence-electron chi connectivity index (χ4n) is 2.96. The monoisotopic (exact) mass is 532 g/mol. The Morgan fingerprint density at radius 2 is 1.86 bits per heavy atom. The maximum atomic E-state index is 13.3. The van der Waals surface area contributed by atoms with Crippen LogP contribution in [-0.4, -0.2) is 53.0 Å². The lowest BCUT2D eigenvalue weighted by molar-refractivity contribution is -0.160. The van der Waals surface area contributed by atoms with Gasteiger partial charge in [0.05, 0.1) is 18.1 Å². The van der Waals surface area contributed by atoms with Gasteiger partial charge in [-0.3, -0.25) is 32.8 Å². The molecule has 1 saturated heterocycles. The van der Waals surface area contributed by atoms with E-state index in [0.717, 1.165) is 5.82 Å². The summed E-state index contributed by atoms with van der Waals surface area (Å²) in [5, 5.41) is 10.4. The van der Waals surface area contributed by atoms with Crippen molar-refractivity contribution < 1.29 is 37.7 Å². The molecule has 0 aliphatic carbocycles. The number of aromatic amines is 1. The Balaban J connectivity index is 2.12. The maximum absolute atomic E-state index is 13.3. The average Bonchev–Trinajstić information content (AvgIpc) is 3.11. The van der Waals surface area contributed by atoms with Gasteiger partial charge in [0.15, 0.2) is 6.79 Å². The van der Waals surface area contributed by atoms with Crippen molar-refractivity contribution in [1.82, 2.24) is 9.55 Å². The quantitative estimate of drug-likeness (QED) is 0.199. The van der Waals surface area contributed by atoms with E-state index in [2.05, 4.69) is 4.98 Å². The van der Waals surface area contributed by atoms with E-state index in [1.54, 1.807) is 20.8 Å². The number of aryl methyl sites for hydroxylation is 1. The number of H-pyrrole nitrogens is 1. The number of rotatable bonds is 10. The molecule has 1 aromatic rings. The van der Waals surface area contributed by atoms with Crippen LogP contribution in [0.2, 0.25) is 0 Å². The topological polar surface area (TPSA) is 155 Å².